The highest BCUT2D eigenvalue weighted by molar-refractivity contribution is 6.05. The van der Waals surface area contributed by atoms with Crippen LogP contribution in [0.1, 0.15) is 36.7 Å². The molecule has 0 saturated heterocycles. The number of fused-ring (bicyclic) bond motifs is 1. The van der Waals surface area contributed by atoms with Crippen LogP contribution in [-0.4, -0.2) is 18.4 Å². The van der Waals surface area contributed by atoms with E-state index in [0.29, 0.717) is 18.7 Å². The molecule has 0 unspecified atom stereocenters. The average Bonchev–Trinajstić information content (AvgIpc) is 2.96. The van der Waals surface area contributed by atoms with E-state index in [1.165, 1.54) is 6.07 Å². The Labute approximate surface area is 150 Å². The molecule has 26 heavy (non-hydrogen) atoms. The smallest absolute Gasteiger partial charge is 0.261 e. The van der Waals surface area contributed by atoms with Gasteiger partial charge in [0, 0.05) is 23.3 Å². The number of hydrogen-bond donors (Lipinski definition) is 1. The van der Waals surface area contributed by atoms with Gasteiger partial charge in [0.05, 0.1) is 0 Å². The van der Waals surface area contributed by atoms with E-state index in [-0.39, 0.29) is 5.91 Å². The quantitative estimate of drug-likeness (QED) is 0.877. The van der Waals surface area contributed by atoms with Gasteiger partial charge in [-0.25, -0.2) is 8.78 Å². The second-order valence-corrected chi connectivity index (χ2v) is 7.35. The highest BCUT2D eigenvalue weighted by atomic mass is 19.1. The number of halogens is 2. The maximum absolute atomic E-state index is 13.7. The Morgan fingerprint density at radius 2 is 1.73 bits per heavy atom. The summed E-state index contributed by atoms with van der Waals surface area (Å²) in [4.78, 5) is 26.5. The largest absolute Gasteiger partial charge is 0.322 e. The number of hydrogen-bond acceptors (Lipinski definition) is 2. The van der Waals surface area contributed by atoms with Crippen molar-refractivity contribution in [3.63, 3.8) is 0 Å². The summed E-state index contributed by atoms with van der Waals surface area (Å²) >= 11 is 0. The van der Waals surface area contributed by atoms with Crippen LogP contribution in [0.2, 0.25) is 0 Å². The Bertz CT molecular complexity index is 868. The second-order valence-electron chi connectivity index (χ2n) is 7.35. The first-order valence-electron chi connectivity index (χ1n) is 8.39. The Hall–Kier alpha value is -2.76. The number of anilines is 2. The van der Waals surface area contributed by atoms with Gasteiger partial charge in [-0.2, -0.15) is 0 Å². The molecule has 0 saturated carbocycles. The molecule has 1 aliphatic rings. The van der Waals surface area contributed by atoms with Gasteiger partial charge in [-0.15, -0.1) is 0 Å². The van der Waals surface area contributed by atoms with Crippen LogP contribution < -0.4 is 10.2 Å². The highest BCUT2D eigenvalue weighted by Crippen LogP contribution is 2.33. The van der Waals surface area contributed by atoms with Crippen molar-refractivity contribution in [2.45, 2.75) is 27.2 Å². The van der Waals surface area contributed by atoms with Gasteiger partial charge in [0.15, 0.2) is 0 Å². The molecule has 0 atom stereocenters. The highest BCUT2D eigenvalue weighted by Gasteiger charge is 2.32. The van der Waals surface area contributed by atoms with Gasteiger partial charge in [-0.05, 0) is 42.3 Å². The van der Waals surface area contributed by atoms with E-state index in [0.717, 1.165) is 23.4 Å². The molecule has 4 nitrogen and oxygen atoms in total. The number of amides is 2. The van der Waals surface area contributed by atoms with E-state index in [4.69, 9.17) is 0 Å². The molecule has 0 aliphatic carbocycles. The molecule has 0 radical (unpaired) electrons. The molecule has 2 aromatic rings. The lowest BCUT2D eigenvalue weighted by Crippen LogP contribution is -2.38. The summed E-state index contributed by atoms with van der Waals surface area (Å²) in [5.74, 6) is -2.64. The van der Waals surface area contributed by atoms with Crippen molar-refractivity contribution in [2.24, 2.45) is 5.41 Å². The maximum atomic E-state index is 13.7. The van der Waals surface area contributed by atoms with Crippen molar-refractivity contribution >= 4 is 23.2 Å². The topological polar surface area (TPSA) is 49.4 Å². The van der Waals surface area contributed by atoms with E-state index in [9.17, 15) is 18.4 Å². The summed E-state index contributed by atoms with van der Waals surface area (Å²) in [6.45, 7) is 6.17. The van der Waals surface area contributed by atoms with E-state index >= 15 is 0 Å². The van der Waals surface area contributed by atoms with E-state index in [1.54, 1.807) is 23.1 Å². The lowest BCUT2D eigenvalue weighted by atomic mass is 9.94. The van der Waals surface area contributed by atoms with E-state index in [2.05, 4.69) is 5.32 Å². The van der Waals surface area contributed by atoms with E-state index < -0.39 is 28.5 Å². The zero-order valence-electron chi connectivity index (χ0n) is 14.9. The van der Waals surface area contributed by atoms with Crippen LogP contribution >= 0.6 is 0 Å². The third kappa shape index (κ3) is 3.31. The molecular formula is C20H20F2N2O2. The van der Waals surface area contributed by atoms with Crippen molar-refractivity contribution in [3.8, 4) is 0 Å². The molecule has 2 aromatic carbocycles. The van der Waals surface area contributed by atoms with Gasteiger partial charge in [0.1, 0.15) is 17.2 Å². The predicted molar refractivity (Wildman–Crippen MR) is 96.3 cm³/mol. The predicted octanol–water partition coefficient (Wildman–Crippen LogP) is 4.15. The van der Waals surface area contributed by atoms with Crippen molar-refractivity contribution in [1.82, 2.24) is 0 Å². The number of rotatable bonds is 2. The Balaban J connectivity index is 1.83. The number of nitrogens with one attached hydrogen (secondary N) is 1. The number of benzene rings is 2. The van der Waals surface area contributed by atoms with Gasteiger partial charge in [-0.1, -0.05) is 26.8 Å². The number of carbonyl (C=O) groups excluding carboxylic acids is 2. The minimum atomic E-state index is -0.911. The third-order valence-electron chi connectivity index (χ3n) is 4.31. The molecule has 0 bridgehead atoms. The molecule has 3 rings (SSSR count). The van der Waals surface area contributed by atoms with Crippen LogP contribution in [0.5, 0.6) is 0 Å². The lowest BCUT2D eigenvalue weighted by molar-refractivity contribution is -0.125. The molecule has 0 fully saturated rings. The SMILES string of the molecule is CC(C)(C)C(=O)N1CCc2cc(NC(=O)c3c(F)cccc3F)ccc21. The number of nitrogens with zero attached hydrogens (tertiary/aromatic N) is 1. The lowest BCUT2D eigenvalue weighted by Gasteiger charge is -2.26. The summed E-state index contributed by atoms with van der Waals surface area (Å²) in [5, 5.41) is 2.52. The molecule has 0 spiro atoms. The van der Waals surface area contributed by atoms with Crippen LogP contribution in [0, 0.1) is 17.0 Å². The molecule has 6 heteroatoms. The first kappa shape index (κ1) is 18.0. The van der Waals surface area contributed by atoms with Gasteiger partial charge < -0.3 is 10.2 Å². The monoisotopic (exact) mass is 358 g/mol. The first-order chi connectivity index (χ1) is 12.2. The van der Waals surface area contributed by atoms with Gasteiger partial charge in [0.2, 0.25) is 5.91 Å². The fourth-order valence-electron chi connectivity index (χ4n) is 3.00. The standard InChI is InChI=1S/C20H20F2N2O2/c1-20(2,3)19(26)24-10-9-12-11-13(7-8-16(12)24)23-18(25)17-14(21)5-4-6-15(17)22/h4-8,11H,9-10H2,1-3H3,(H,23,25). The van der Waals surface area contributed by atoms with E-state index in [1.807, 2.05) is 20.8 Å². The summed E-state index contributed by atoms with van der Waals surface area (Å²) in [6.07, 6.45) is 0.662. The third-order valence-corrected chi connectivity index (χ3v) is 4.31. The van der Waals surface area contributed by atoms with Crippen molar-refractivity contribution in [1.29, 1.82) is 0 Å². The minimum absolute atomic E-state index is 0.0291. The Kier molecular flexibility index (Phi) is 4.52. The summed E-state index contributed by atoms with van der Waals surface area (Å²) in [5.41, 5.74) is 1.05. The molecule has 0 aromatic heterocycles. The van der Waals surface area contributed by atoms with Crippen LogP contribution in [0.25, 0.3) is 0 Å². The van der Waals surface area contributed by atoms with Crippen molar-refractivity contribution in [2.75, 3.05) is 16.8 Å². The zero-order chi connectivity index (χ0) is 19.1. The average molecular weight is 358 g/mol. The normalized spacial score (nSPS) is 13.5. The van der Waals surface area contributed by atoms with Gasteiger partial charge >= 0.3 is 0 Å². The van der Waals surface area contributed by atoms with Crippen molar-refractivity contribution < 1.29 is 18.4 Å². The second kappa shape index (κ2) is 6.52. The Morgan fingerprint density at radius 1 is 1.08 bits per heavy atom. The molecule has 2 amide bonds. The fourth-order valence-corrected chi connectivity index (χ4v) is 3.00. The molecule has 136 valence electrons. The van der Waals surface area contributed by atoms with Crippen LogP contribution in [0.4, 0.5) is 20.2 Å². The zero-order valence-corrected chi connectivity index (χ0v) is 14.9. The van der Waals surface area contributed by atoms with Crippen LogP contribution in [0.3, 0.4) is 0 Å². The van der Waals surface area contributed by atoms with Gasteiger partial charge in [0.25, 0.3) is 5.91 Å². The van der Waals surface area contributed by atoms with Crippen LogP contribution in [0.15, 0.2) is 36.4 Å². The summed E-state index contributed by atoms with van der Waals surface area (Å²) < 4.78 is 27.5. The molecule has 1 heterocycles. The molecule has 1 aliphatic heterocycles. The fraction of sp³-hybridized carbons (Fsp3) is 0.300. The molecule has 1 N–H and O–H groups in total. The molecular weight excluding hydrogens is 338 g/mol. The maximum Gasteiger partial charge on any atom is 0.261 e. The van der Waals surface area contributed by atoms with Crippen LogP contribution in [-0.2, 0) is 11.2 Å². The Morgan fingerprint density at radius 3 is 2.35 bits per heavy atom. The summed E-state index contributed by atoms with van der Waals surface area (Å²) in [7, 11) is 0. The summed E-state index contributed by atoms with van der Waals surface area (Å²) in [6, 6.07) is 8.40. The first-order valence-corrected chi connectivity index (χ1v) is 8.39. The minimum Gasteiger partial charge on any atom is -0.322 e. The number of carbonyl (C=O) groups is 2. The van der Waals surface area contributed by atoms with Gasteiger partial charge in [-0.3, -0.25) is 9.59 Å². The van der Waals surface area contributed by atoms with Crippen molar-refractivity contribution in [3.05, 3.63) is 59.2 Å².